The summed E-state index contributed by atoms with van der Waals surface area (Å²) in [7, 11) is 1.63. The molecule has 0 radical (unpaired) electrons. The molecule has 1 atom stereocenters. The minimum absolute atomic E-state index is 0.00643. The Morgan fingerprint density at radius 1 is 0.968 bits per heavy atom. The minimum Gasteiger partial charge on any atom is -0.497 e. The zero-order chi connectivity index (χ0) is 21.6. The predicted molar refractivity (Wildman–Crippen MR) is 119 cm³/mol. The van der Waals surface area contributed by atoms with Crippen molar-refractivity contribution in [2.45, 2.75) is 19.0 Å². The van der Waals surface area contributed by atoms with E-state index in [0.717, 1.165) is 22.4 Å². The number of carbonyl (C=O) groups excluding carboxylic acids is 2. The van der Waals surface area contributed by atoms with Crippen LogP contribution in [0.15, 0.2) is 84.9 Å². The maximum atomic E-state index is 13.1. The maximum absolute atomic E-state index is 13.1. The van der Waals surface area contributed by atoms with Gasteiger partial charge < -0.3 is 15.0 Å². The van der Waals surface area contributed by atoms with E-state index in [1.54, 1.807) is 12.0 Å². The molecule has 4 rings (SSSR count). The molecule has 1 unspecified atom stereocenters. The van der Waals surface area contributed by atoms with Gasteiger partial charge in [0, 0.05) is 19.5 Å². The van der Waals surface area contributed by atoms with Crippen molar-refractivity contribution in [3.8, 4) is 5.75 Å². The number of rotatable bonds is 7. The molecule has 3 aromatic rings. The Morgan fingerprint density at radius 2 is 1.55 bits per heavy atom. The first-order chi connectivity index (χ1) is 15.1. The van der Waals surface area contributed by atoms with E-state index >= 15 is 0 Å². The molecule has 0 spiro atoms. The number of likely N-dealkylation sites (tertiary alicyclic amines) is 1. The van der Waals surface area contributed by atoms with Crippen LogP contribution in [0, 0.1) is 5.92 Å². The molecule has 0 saturated carbocycles. The first kappa shape index (κ1) is 20.7. The van der Waals surface area contributed by atoms with Crippen molar-refractivity contribution in [1.82, 2.24) is 10.2 Å². The van der Waals surface area contributed by atoms with Crippen molar-refractivity contribution in [3.63, 3.8) is 0 Å². The second kappa shape index (κ2) is 9.47. The highest BCUT2D eigenvalue weighted by Crippen LogP contribution is 2.25. The van der Waals surface area contributed by atoms with Gasteiger partial charge in [-0.15, -0.1) is 0 Å². The lowest BCUT2D eigenvalue weighted by Gasteiger charge is -2.22. The van der Waals surface area contributed by atoms with E-state index in [9.17, 15) is 9.59 Å². The Balaban J connectivity index is 1.45. The fourth-order valence-corrected chi connectivity index (χ4v) is 3.96. The van der Waals surface area contributed by atoms with E-state index in [4.69, 9.17) is 4.74 Å². The molecule has 158 valence electrons. The van der Waals surface area contributed by atoms with Gasteiger partial charge in [-0.2, -0.15) is 0 Å². The first-order valence-electron chi connectivity index (χ1n) is 10.4. The summed E-state index contributed by atoms with van der Waals surface area (Å²) < 4.78 is 5.19. The number of benzene rings is 3. The average Bonchev–Trinajstić information content (AvgIpc) is 3.19. The predicted octanol–water partition coefficient (Wildman–Crippen LogP) is 3.95. The van der Waals surface area contributed by atoms with Crippen LogP contribution in [0.25, 0.3) is 0 Å². The summed E-state index contributed by atoms with van der Waals surface area (Å²) in [5.41, 5.74) is 3.05. The number of nitrogens with zero attached hydrogens (tertiary/aromatic N) is 1. The van der Waals surface area contributed by atoms with Gasteiger partial charge in [0.2, 0.25) is 11.8 Å². The number of hydrogen-bond donors (Lipinski definition) is 1. The molecule has 1 heterocycles. The molecule has 3 aromatic carbocycles. The lowest BCUT2D eigenvalue weighted by Crippen LogP contribution is -2.36. The molecule has 0 aromatic heterocycles. The third kappa shape index (κ3) is 4.94. The zero-order valence-electron chi connectivity index (χ0n) is 17.5. The molecule has 5 nitrogen and oxygen atoms in total. The lowest BCUT2D eigenvalue weighted by atomic mass is 9.97. The molecular formula is C26H26N2O3. The van der Waals surface area contributed by atoms with Crippen LogP contribution in [0.4, 0.5) is 0 Å². The van der Waals surface area contributed by atoms with Crippen LogP contribution in [-0.4, -0.2) is 30.4 Å². The zero-order valence-corrected chi connectivity index (χ0v) is 17.5. The lowest BCUT2D eigenvalue weighted by molar-refractivity contribution is -0.129. The summed E-state index contributed by atoms with van der Waals surface area (Å²) in [6, 6.07) is 27.2. The summed E-state index contributed by atoms with van der Waals surface area (Å²) in [5.74, 6) is 0.331. The standard InChI is InChI=1S/C26H26N2O3/c1-31-23-14-12-19(13-15-23)17-28-18-22(16-24(28)29)26(30)27-25(20-8-4-2-5-9-20)21-10-6-3-7-11-21/h2-15,22,25H,16-18H2,1H3,(H,27,30). The van der Waals surface area contributed by atoms with Gasteiger partial charge in [0.05, 0.1) is 19.1 Å². The highest BCUT2D eigenvalue weighted by molar-refractivity contribution is 5.89. The quantitative estimate of drug-likeness (QED) is 0.637. The molecule has 2 amide bonds. The van der Waals surface area contributed by atoms with Crippen molar-refractivity contribution in [1.29, 1.82) is 0 Å². The van der Waals surface area contributed by atoms with E-state index in [1.807, 2.05) is 84.9 Å². The van der Waals surface area contributed by atoms with Crippen molar-refractivity contribution in [3.05, 3.63) is 102 Å². The van der Waals surface area contributed by atoms with Gasteiger partial charge in [0.1, 0.15) is 5.75 Å². The summed E-state index contributed by atoms with van der Waals surface area (Å²) in [6.07, 6.45) is 0.234. The third-order valence-corrected chi connectivity index (χ3v) is 5.67. The molecule has 1 fully saturated rings. The SMILES string of the molecule is COc1ccc(CN2CC(C(=O)NC(c3ccccc3)c3ccccc3)CC2=O)cc1. The van der Waals surface area contributed by atoms with Crippen LogP contribution >= 0.6 is 0 Å². The van der Waals surface area contributed by atoms with Crippen LogP contribution in [0.3, 0.4) is 0 Å². The molecule has 0 aliphatic carbocycles. The molecule has 1 saturated heterocycles. The highest BCUT2D eigenvalue weighted by atomic mass is 16.5. The fourth-order valence-electron chi connectivity index (χ4n) is 3.96. The second-order valence-corrected chi connectivity index (χ2v) is 7.79. The Morgan fingerprint density at radius 3 is 2.10 bits per heavy atom. The van der Waals surface area contributed by atoms with E-state index in [1.165, 1.54) is 0 Å². The van der Waals surface area contributed by atoms with Gasteiger partial charge in [0.25, 0.3) is 0 Å². The number of methoxy groups -OCH3 is 1. The van der Waals surface area contributed by atoms with Crippen LogP contribution in [0.2, 0.25) is 0 Å². The topological polar surface area (TPSA) is 58.6 Å². The van der Waals surface area contributed by atoms with Gasteiger partial charge in [-0.1, -0.05) is 72.8 Å². The molecule has 1 aliphatic heterocycles. The van der Waals surface area contributed by atoms with Gasteiger partial charge >= 0.3 is 0 Å². The van der Waals surface area contributed by atoms with Crippen molar-refractivity contribution in [2.24, 2.45) is 5.92 Å². The van der Waals surface area contributed by atoms with Gasteiger partial charge in [-0.25, -0.2) is 0 Å². The molecular weight excluding hydrogens is 388 g/mol. The highest BCUT2D eigenvalue weighted by Gasteiger charge is 2.35. The van der Waals surface area contributed by atoms with Crippen molar-refractivity contribution in [2.75, 3.05) is 13.7 Å². The van der Waals surface area contributed by atoms with Gasteiger partial charge in [-0.3, -0.25) is 9.59 Å². The van der Waals surface area contributed by atoms with Crippen LogP contribution in [-0.2, 0) is 16.1 Å². The van der Waals surface area contributed by atoms with E-state index in [2.05, 4.69) is 5.32 Å². The first-order valence-corrected chi connectivity index (χ1v) is 10.4. The van der Waals surface area contributed by atoms with Gasteiger partial charge in [-0.05, 0) is 28.8 Å². The Hall–Kier alpha value is -3.60. The van der Waals surface area contributed by atoms with Gasteiger partial charge in [0.15, 0.2) is 0 Å². The molecule has 5 heteroatoms. The fraction of sp³-hybridized carbons (Fsp3) is 0.231. The van der Waals surface area contributed by atoms with E-state index < -0.39 is 0 Å². The number of hydrogen-bond acceptors (Lipinski definition) is 3. The Kier molecular flexibility index (Phi) is 6.32. The van der Waals surface area contributed by atoms with E-state index in [-0.39, 0.29) is 30.2 Å². The summed E-state index contributed by atoms with van der Waals surface area (Å²) in [6.45, 7) is 0.917. The summed E-state index contributed by atoms with van der Waals surface area (Å²) >= 11 is 0. The van der Waals surface area contributed by atoms with Crippen LogP contribution < -0.4 is 10.1 Å². The summed E-state index contributed by atoms with van der Waals surface area (Å²) in [4.78, 5) is 27.4. The number of carbonyl (C=O) groups is 2. The average molecular weight is 415 g/mol. The summed E-state index contributed by atoms with van der Waals surface area (Å²) in [5, 5.41) is 3.18. The second-order valence-electron chi connectivity index (χ2n) is 7.79. The third-order valence-electron chi connectivity index (χ3n) is 5.67. The van der Waals surface area contributed by atoms with Crippen molar-refractivity contribution >= 4 is 11.8 Å². The normalized spacial score (nSPS) is 15.9. The monoisotopic (exact) mass is 414 g/mol. The molecule has 1 N–H and O–H groups in total. The number of ether oxygens (including phenoxy) is 1. The maximum Gasteiger partial charge on any atom is 0.226 e. The van der Waals surface area contributed by atoms with E-state index in [0.29, 0.717) is 13.1 Å². The van der Waals surface area contributed by atoms with Crippen molar-refractivity contribution < 1.29 is 14.3 Å². The molecule has 31 heavy (non-hydrogen) atoms. The Labute approximate surface area is 182 Å². The minimum atomic E-state index is -0.360. The number of nitrogens with one attached hydrogen (secondary N) is 1. The number of amides is 2. The molecule has 1 aliphatic rings. The molecule has 0 bridgehead atoms. The Bertz CT molecular complexity index is 980. The van der Waals surface area contributed by atoms with Crippen LogP contribution in [0.5, 0.6) is 5.75 Å². The smallest absolute Gasteiger partial charge is 0.226 e. The van der Waals surface area contributed by atoms with Crippen LogP contribution in [0.1, 0.15) is 29.2 Å². The largest absolute Gasteiger partial charge is 0.497 e.